The number of nitrogens with one attached hydrogen (secondary N) is 1. The van der Waals surface area contributed by atoms with E-state index in [0.29, 0.717) is 55.2 Å². The molecule has 1 aromatic heterocycles. The second-order valence-corrected chi connectivity index (χ2v) is 12.0. The number of halogens is 2. The topological polar surface area (TPSA) is 80.7 Å². The summed E-state index contributed by atoms with van der Waals surface area (Å²) in [7, 11) is 8.05. The minimum Gasteiger partial charge on any atom is -0.493 e. The number of nitrogens with zero attached hydrogens (tertiary/aromatic N) is 2. The molecule has 0 unspecified atom stereocenters. The smallest absolute Gasteiger partial charge is 0.303 e. The van der Waals surface area contributed by atoms with Crippen LogP contribution in [-0.2, 0) is 24.2 Å². The number of thiazole rings is 1. The molecule has 0 saturated heterocycles. The van der Waals surface area contributed by atoms with Gasteiger partial charge in [-0.2, -0.15) is 0 Å². The van der Waals surface area contributed by atoms with E-state index in [2.05, 4.69) is 26.5 Å². The Kier molecular flexibility index (Phi) is 8.01. The highest BCUT2D eigenvalue weighted by atomic mass is 32.1. The number of carboxylic acid groups (broad SMARTS) is 1. The summed E-state index contributed by atoms with van der Waals surface area (Å²) >= 11 is 1.53. The normalized spacial score (nSPS) is 14.6. The zero-order valence-electron chi connectivity index (χ0n) is 21.7. The number of ether oxygens (including phenoxy) is 2. The quantitative estimate of drug-likeness (QED) is 0.265. The van der Waals surface area contributed by atoms with Crippen molar-refractivity contribution in [2.24, 2.45) is 5.41 Å². The van der Waals surface area contributed by atoms with E-state index in [0.717, 1.165) is 32.7 Å². The number of aromatic nitrogens is 1. The van der Waals surface area contributed by atoms with Crippen molar-refractivity contribution >= 4 is 27.5 Å². The van der Waals surface area contributed by atoms with Crippen LogP contribution >= 0.6 is 11.3 Å². The highest BCUT2D eigenvalue weighted by molar-refractivity contribution is 7.18. The molecule has 3 aromatic rings. The molecule has 37 heavy (non-hydrogen) atoms. The number of rotatable bonds is 12. The lowest BCUT2D eigenvalue weighted by molar-refractivity contribution is -0.870. The lowest BCUT2D eigenvalue weighted by atomic mass is 9.81. The van der Waals surface area contributed by atoms with E-state index in [4.69, 9.17) is 14.5 Å². The fraction of sp³-hybridized carbons (Fsp3) is 0.481. The summed E-state index contributed by atoms with van der Waals surface area (Å²) in [5.41, 5.74) is 1.50. The van der Waals surface area contributed by atoms with Gasteiger partial charge in [0.2, 0.25) is 0 Å². The monoisotopic (exact) mass is 534 g/mol. The van der Waals surface area contributed by atoms with Gasteiger partial charge in [0.05, 0.1) is 58.0 Å². The number of methoxy groups -OCH3 is 1. The Morgan fingerprint density at radius 1 is 1.14 bits per heavy atom. The van der Waals surface area contributed by atoms with Crippen molar-refractivity contribution in [2.75, 3.05) is 47.9 Å². The molecule has 2 aromatic carbocycles. The first-order valence-corrected chi connectivity index (χ1v) is 13.1. The Morgan fingerprint density at radius 2 is 1.81 bits per heavy atom. The third kappa shape index (κ3) is 6.74. The van der Waals surface area contributed by atoms with Crippen molar-refractivity contribution in [2.45, 2.75) is 32.2 Å². The summed E-state index contributed by atoms with van der Waals surface area (Å²) in [4.78, 5) is 16.3. The van der Waals surface area contributed by atoms with E-state index < -0.39 is 23.0 Å². The number of carboxylic acids is 1. The molecule has 7 nitrogen and oxygen atoms in total. The molecule has 0 bridgehead atoms. The molecule has 200 valence electrons. The van der Waals surface area contributed by atoms with Gasteiger partial charge in [-0.1, -0.05) is 0 Å². The average molecular weight is 535 g/mol. The molecule has 0 radical (unpaired) electrons. The van der Waals surface area contributed by atoms with Crippen LogP contribution in [-0.4, -0.2) is 68.5 Å². The predicted octanol–water partition coefficient (Wildman–Crippen LogP) is 4.41. The maximum Gasteiger partial charge on any atom is 0.303 e. The number of aliphatic carboxylic acids is 1. The number of benzene rings is 2. The van der Waals surface area contributed by atoms with E-state index in [1.54, 1.807) is 7.11 Å². The van der Waals surface area contributed by atoms with Crippen LogP contribution in [0.1, 0.15) is 29.0 Å². The number of hydrogen-bond acceptors (Lipinski definition) is 6. The Bertz CT molecular complexity index is 1260. The summed E-state index contributed by atoms with van der Waals surface area (Å²) in [6, 6.07) is 6.20. The van der Waals surface area contributed by atoms with Crippen molar-refractivity contribution in [3.8, 4) is 11.5 Å². The van der Waals surface area contributed by atoms with Gasteiger partial charge in [-0.05, 0) is 36.1 Å². The molecule has 1 heterocycles. The molecule has 4 rings (SSSR count). The largest absolute Gasteiger partial charge is 0.493 e. The van der Waals surface area contributed by atoms with Gasteiger partial charge in [0.1, 0.15) is 5.01 Å². The molecule has 1 aliphatic carbocycles. The van der Waals surface area contributed by atoms with Crippen LogP contribution in [0.4, 0.5) is 8.78 Å². The summed E-state index contributed by atoms with van der Waals surface area (Å²) in [6.07, 6.45) is 1.58. The predicted molar refractivity (Wildman–Crippen MR) is 139 cm³/mol. The highest BCUT2D eigenvalue weighted by Gasteiger charge is 2.39. The number of hydrogen-bond donors (Lipinski definition) is 2. The van der Waals surface area contributed by atoms with Gasteiger partial charge >= 0.3 is 5.97 Å². The molecule has 0 saturated carbocycles. The van der Waals surface area contributed by atoms with Gasteiger partial charge in [0, 0.05) is 37.1 Å². The SMILES string of the molecule is COc1cc2sc(CNCC3(CC(=O)O)Cc4cc(F)c(F)cc4C3)nc2cc1OCCC[N+](C)(C)C. The van der Waals surface area contributed by atoms with Crippen molar-refractivity contribution in [3.05, 3.63) is 52.0 Å². The first-order chi connectivity index (χ1) is 17.5. The van der Waals surface area contributed by atoms with Crippen molar-refractivity contribution in [1.29, 1.82) is 0 Å². The molecule has 0 atom stereocenters. The second-order valence-electron chi connectivity index (χ2n) is 10.9. The molecular weight excluding hydrogens is 500 g/mol. The minimum absolute atomic E-state index is 0.0935. The lowest BCUT2D eigenvalue weighted by Gasteiger charge is -2.27. The Balaban J connectivity index is 1.42. The van der Waals surface area contributed by atoms with Crippen LogP contribution in [0.3, 0.4) is 0 Å². The number of quaternary nitrogens is 1. The Labute approximate surface area is 219 Å². The fourth-order valence-corrected chi connectivity index (χ4v) is 5.90. The number of fused-ring (bicyclic) bond motifs is 2. The van der Waals surface area contributed by atoms with Crippen molar-refractivity contribution < 1.29 is 32.6 Å². The highest BCUT2D eigenvalue weighted by Crippen LogP contribution is 2.40. The van der Waals surface area contributed by atoms with Gasteiger partial charge in [0.25, 0.3) is 0 Å². The van der Waals surface area contributed by atoms with Crippen LogP contribution in [0, 0.1) is 17.0 Å². The molecule has 1 aliphatic rings. The van der Waals surface area contributed by atoms with E-state index in [9.17, 15) is 18.7 Å². The van der Waals surface area contributed by atoms with Crippen LogP contribution in [0.2, 0.25) is 0 Å². The van der Waals surface area contributed by atoms with Gasteiger partial charge in [-0.15, -0.1) is 11.3 Å². The van der Waals surface area contributed by atoms with E-state index in [1.807, 2.05) is 12.1 Å². The second kappa shape index (κ2) is 10.9. The van der Waals surface area contributed by atoms with Crippen molar-refractivity contribution in [1.82, 2.24) is 10.3 Å². The molecule has 2 N–H and O–H groups in total. The maximum absolute atomic E-state index is 13.7. The van der Waals surface area contributed by atoms with Gasteiger partial charge in [-0.25, -0.2) is 13.8 Å². The third-order valence-electron chi connectivity index (χ3n) is 6.62. The molecule has 0 aliphatic heterocycles. The Morgan fingerprint density at radius 3 is 2.41 bits per heavy atom. The summed E-state index contributed by atoms with van der Waals surface area (Å²) in [5.74, 6) is -1.43. The van der Waals surface area contributed by atoms with E-state index in [1.165, 1.54) is 23.5 Å². The molecule has 0 spiro atoms. The van der Waals surface area contributed by atoms with Crippen molar-refractivity contribution in [3.63, 3.8) is 0 Å². The summed E-state index contributed by atoms with van der Waals surface area (Å²) < 4.78 is 40.9. The summed E-state index contributed by atoms with van der Waals surface area (Å²) in [6.45, 7) is 2.41. The van der Waals surface area contributed by atoms with Crippen LogP contribution < -0.4 is 14.8 Å². The first-order valence-electron chi connectivity index (χ1n) is 12.3. The van der Waals surface area contributed by atoms with E-state index in [-0.39, 0.29) is 6.42 Å². The molecular formula is C27H34F2N3O4S+. The van der Waals surface area contributed by atoms with Gasteiger partial charge < -0.3 is 24.4 Å². The zero-order valence-corrected chi connectivity index (χ0v) is 22.5. The van der Waals surface area contributed by atoms with Crippen LogP contribution in [0.5, 0.6) is 11.5 Å². The number of carbonyl (C=O) groups is 1. The van der Waals surface area contributed by atoms with Gasteiger partial charge in [-0.3, -0.25) is 4.79 Å². The van der Waals surface area contributed by atoms with Crippen LogP contribution in [0.25, 0.3) is 10.2 Å². The maximum atomic E-state index is 13.7. The molecule has 0 amide bonds. The van der Waals surface area contributed by atoms with E-state index >= 15 is 0 Å². The fourth-order valence-electron chi connectivity index (χ4n) is 4.95. The first kappa shape index (κ1) is 27.2. The lowest BCUT2D eigenvalue weighted by Crippen LogP contribution is -2.37. The van der Waals surface area contributed by atoms with Crippen LogP contribution in [0.15, 0.2) is 24.3 Å². The average Bonchev–Trinajstić information content (AvgIpc) is 3.35. The molecule has 10 heteroatoms. The Hall–Kier alpha value is -2.82. The minimum atomic E-state index is -0.934. The summed E-state index contributed by atoms with van der Waals surface area (Å²) in [5, 5.41) is 13.7. The standard InChI is InChI=1S/C27H33F2N3O4S/c1-32(2,3)6-5-7-36-23-10-21-24(11-22(23)35-4)37-25(31-21)15-30-16-27(14-26(33)34)12-17-8-19(28)20(29)9-18(17)13-27/h8-11,30H,5-7,12-16H2,1-4H3/p+1. The third-order valence-corrected chi connectivity index (χ3v) is 7.64. The molecule has 0 fully saturated rings. The zero-order chi connectivity index (χ0) is 26.8. The van der Waals surface area contributed by atoms with Gasteiger partial charge in [0.15, 0.2) is 23.1 Å².